The minimum atomic E-state index is 0.0473. The lowest BCUT2D eigenvalue weighted by molar-refractivity contribution is 0.301. The highest BCUT2D eigenvalue weighted by Gasteiger charge is 2.12. The number of aliphatic hydroxyl groups is 1. The summed E-state index contributed by atoms with van der Waals surface area (Å²) in [6.07, 6.45) is 2.42. The van der Waals surface area contributed by atoms with Gasteiger partial charge in [-0.1, -0.05) is 18.5 Å². The average molecular weight is 246 g/mol. The van der Waals surface area contributed by atoms with Crippen molar-refractivity contribution in [3.8, 4) is 0 Å². The van der Waals surface area contributed by atoms with Crippen molar-refractivity contribution in [3.63, 3.8) is 0 Å². The number of hydrogen-bond acceptors (Lipinski definition) is 6. The Hall–Kier alpha value is -1.11. The van der Waals surface area contributed by atoms with E-state index in [1.165, 1.54) is 6.20 Å². The molecule has 1 heterocycles. The summed E-state index contributed by atoms with van der Waals surface area (Å²) in [5, 5.41) is 9.42. The summed E-state index contributed by atoms with van der Waals surface area (Å²) in [5.74, 6) is 6.12. The van der Waals surface area contributed by atoms with Crippen molar-refractivity contribution >= 4 is 23.4 Å². The van der Waals surface area contributed by atoms with Crippen molar-refractivity contribution in [1.29, 1.82) is 0 Å². The zero-order valence-corrected chi connectivity index (χ0v) is 9.91. The number of rotatable bonds is 6. The zero-order valence-electron chi connectivity index (χ0n) is 9.15. The van der Waals surface area contributed by atoms with Crippen LogP contribution < -0.4 is 16.2 Å². The molecule has 0 radical (unpaired) electrons. The van der Waals surface area contributed by atoms with Crippen LogP contribution in [0.1, 0.15) is 13.3 Å². The molecule has 1 aromatic heterocycles. The van der Waals surface area contributed by atoms with Crippen molar-refractivity contribution in [2.75, 3.05) is 30.0 Å². The number of hydrazine groups is 1. The first kappa shape index (κ1) is 13.0. The number of hydrogen-bond donors (Lipinski definition) is 3. The molecule has 1 rings (SSSR count). The molecular formula is C9H16ClN5O. The molecule has 7 heteroatoms. The second-order valence-corrected chi connectivity index (χ2v) is 3.63. The van der Waals surface area contributed by atoms with Crippen LogP contribution in [0.15, 0.2) is 6.20 Å². The van der Waals surface area contributed by atoms with Gasteiger partial charge >= 0.3 is 0 Å². The van der Waals surface area contributed by atoms with E-state index in [9.17, 15) is 0 Å². The van der Waals surface area contributed by atoms with Gasteiger partial charge in [0.05, 0.1) is 12.8 Å². The molecule has 16 heavy (non-hydrogen) atoms. The van der Waals surface area contributed by atoms with Gasteiger partial charge in [0.15, 0.2) is 5.82 Å². The van der Waals surface area contributed by atoms with Crippen LogP contribution in [0.4, 0.5) is 11.8 Å². The van der Waals surface area contributed by atoms with E-state index in [0.29, 0.717) is 23.3 Å². The second-order valence-electron chi connectivity index (χ2n) is 3.22. The Kier molecular flexibility index (Phi) is 5.24. The first-order valence-corrected chi connectivity index (χ1v) is 5.45. The molecule has 0 unspecified atom stereocenters. The van der Waals surface area contributed by atoms with Crippen molar-refractivity contribution in [1.82, 2.24) is 9.97 Å². The monoisotopic (exact) mass is 245 g/mol. The Morgan fingerprint density at radius 3 is 2.88 bits per heavy atom. The molecule has 0 atom stereocenters. The molecule has 0 aliphatic rings. The third-order valence-electron chi connectivity index (χ3n) is 2.02. The van der Waals surface area contributed by atoms with Crippen LogP contribution in [0.25, 0.3) is 0 Å². The van der Waals surface area contributed by atoms with Crippen LogP contribution in [-0.4, -0.2) is 34.8 Å². The van der Waals surface area contributed by atoms with Gasteiger partial charge in [-0.05, 0) is 6.42 Å². The Bertz CT molecular complexity index is 330. The minimum absolute atomic E-state index is 0.0473. The second kappa shape index (κ2) is 6.47. The highest BCUT2D eigenvalue weighted by molar-refractivity contribution is 6.32. The molecule has 4 N–H and O–H groups in total. The molecule has 6 nitrogen and oxygen atoms in total. The number of aromatic nitrogens is 2. The molecule has 90 valence electrons. The Morgan fingerprint density at radius 2 is 2.31 bits per heavy atom. The van der Waals surface area contributed by atoms with Crippen LogP contribution in [0.5, 0.6) is 0 Å². The topological polar surface area (TPSA) is 87.3 Å². The highest BCUT2D eigenvalue weighted by Crippen LogP contribution is 2.23. The normalized spacial score (nSPS) is 10.2. The summed E-state index contributed by atoms with van der Waals surface area (Å²) in [7, 11) is 0. The van der Waals surface area contributed by atoms with Crippen LogP contribution in [0.2, 0.25) is 5.02 Å². The lowest BCUT2D eigenvalue weighted by atomic mass is 10.4. The fourth-order valence-corrected chi connectivity index (χ4v) is 1.57. The highest BCUT2D eigenvalue weighted by atomic mass is 35.5. The van der Waals surface area contributed by atoms with E-state index in [1.807, 2.05) is 11.8 Å². The first-order valence-electron chi connectivity index (χ1n) is 5.07. The van der Waals surface area contributed by atoms with Crippen LogP contribution >= 0.6 is 11.6 Å². The van der Waals surface area contributed by atoms with Crippen LogP contribution in [-0.2, 0) is 0 Å². The first-order chi connectivity index (χ1) is 7.72. The van der Waals surface area contributed by atoms with Gasteiger partial charge in [-0.2, -0.15) is 4.98 Å². The molecule has 0 aliphatic carbocycles. The minimum Gasteiger partial charge on any atom is -0.395 e. The van der Waals surface area contributed by atoms with Crippen LogP contribution in [0, 0.1) is 0 Å². The summed E-state index contributed by atoms with van der Waals surface area (Å²) in [6, 6.07) is 0. The summed E-state index contributed by atoms with van der Waals surface area (Å²) in [6.45, 7) is 3.34. The van der Waals surface area contributed by atoms with E-state index in [2.05, 4.69) is 15.4 Å². The molecule has 0 bridgehead atoms. The van der Waals surface area contributed by atoms with Gasteiger partial charge in [0.25, 0.3) is 0 Å². The maximum atomic E-state index is 8.97. The summed E-state index contributed by atoms with van der Waals surface area (Å²) >= 11 is 6.00. The van der Waals surface area contributed by atoms with E-state index in [0.717, 1.165) is 13.0 Å². The number of halogens is 1. The van der Waals surface area contributed by atoms with E-state index >= 15 is 0 Å². The molecule has 0 saturated carbocycles. The summed E-state index contributed by atoms with van der Waals surface area (Å²) < 4.78 is 0. The average Bonchev–Trinajstić information content (AvgIpc) is 2.29. The van der Waals surface area contributed by atoms with E-state index in [-0.39, 0.29) is 6.61 Å². The van der Waals surface area contributed by atoms with Gasteiger partial charge in [0, 0.05) is 13.1 Å². The summed E-state index contributed by atoms with van der Waals surface area (Å²) in [4.78, 5) is 9.95. The fraction of sp³-hybridized carbons (Fsp3) is 0.556. The quantitative estimate of drug-likeness (QED) is 0.503. The molecule has 0 spiro atoms. The predicted octanol–water partition coefficient (Wildman–Crippen LogP) is 0.624. The Morgan fingerprint density at radius 1 is 1.56 bits per heavy atom. The van der Waals surface area contributed by atoms with Gasteiger partial charge in [0.1, 0.15) is 5.02 Å². The van der Waals surface area contributed by atoms with Crippen molar-refractivity contribution in [3.05, 3.63) is 11.2 Å². The number of nitrogens with one attached hydrogen (secondary N) is 1. The SMILES string of the molecule is CCCN(CCO)c1nc(NN)ncc1Cl. The van der Waals surface area contributed by atoms with Crippen molar-refractivity contribution in [2.45, 2.75) is 13.3 Å². The third-order valence-corrected chi connectivity index (χ3v) is 2.28. The Labute approximate surface area is 99.4 Å². The molecule has 0 aliphatic heterocycles. The van der Waals surface area contributed by atoms with Gasteiger partial charge in [-0.15, -0.1) is 0 Å². The fourth-order valence-electron chi connectivity index (χ4n) is 1.36. The van der Waals surface area contributed by atoms with E-state index in [1.54, 1.807) is 0 Å². The molecule has 0 fully saturated rings. The maximum absolute atomic E-state index is 8.97. The molecule has 0 aromatic carbocycles. The Balaban J connectivity index is 2.96. The summed E-state index contributed by atoms with van der Waals surface area (Å²) in [5.41, 5.74) is 2.36. The van der Waals surface area contributed by atoms with Gasteiger partial charge in [0.2, 0.25) is 5.95 Å². The third kappa shape index (κ3) is 3.19. The standard InChI is InChI=1S/C9H16ClN5O/c1-2-3-15(4-5-16)8-7(10)6-12-9(13-8)14-11/h6,16H,2-5,11H2,1H3,(H,12,13,14). The number of anilines is 2. The van der Waals surface area contributed by atoms with Gasteiger partial charge in [-0.25, -0.2) is 10.8 Å². The van der Waals surface area contributed by atoms with Gasteiger partial charge < -0.3 is 10.0 Å². The number of aliphatic hydroxyl groups excluding tert-OH is 1. The lowest BCUT2D eigenvalue weighted by Crippen LogP contribution is -2.29. The zero-order chi connectivity index (χ0) is 12.0. The predicted molar refractivity (Wildman–Crippen MR) is 64.4 cm³/mol. The molecular weight excluding hydrogens is 230 g/mol. The molecule has 0 amide bonds. The number of nitrogens with zero attached hydrogens (tertiary/aromatic N) is 3. The number of nitrogen functional groups attached to an aromatic ring is 1. The molecule has 0 saturated heterocycles. The smallest absolute Gasteiger partial charge is 0.239 e. The van der Waals surface area contributed by atoms with Gasteiger partial charge in [-0.3, -0.25) is 5.43 Å². The number of nitrogens with two attached hydrogens (primary N) is 1. The van der Waals surface area contributed by atoms with E-state index in [4.69, 9.17) is 22.6 Å². The van der Waals surface area contributed by atoms with Crippen molar-refractivity contribution in [2.24, 2.45) is 5.84 Å². The van der Waals surface area contributed by atoms with E-state index < -0.39 is 0 Å². The maximum Gasteiger partial charge on any atom is 0.239 e. The van der Waals surface area contributed by atoms with Crippen molar-refractivity contribution < 1.29 is 5.11 Å². The van der Waals surface area contributed by atoms with Crippen LogP contribution in [0.3, 0.4) is 0 Å². The lowest BCUT2D eigenvalue weighted by Gasteiger charge is -2.23. The largest absolute Gasteiger partial charge is 0.395 e. The molecule has 1 aromatic rings.